The fourth-order valence-corrected chi connectivity index (χ4v) is 9.07. The van der Waals surface area contributed by atoms with Crippen LogP contribution in [0, 0.1) is 0 Å². The number of benzene rings is 1. The quantitative estimate of drug-likeness (QED) is 0.0629. The Morgan fingerprint density at radius 1 is 0.782 bits per heavy atom. The summed E-state index contributed by atoms with van der Waals surface area (Å²) in [5.41, 5.74) is 11.0. The van der Waals surface area contributed by atoms with Crippen LogP contribution in [0.15, 0.2) is 85.2 Å². The number of aliphatic hydroxyl groups excluding tert-OH is 1. The largest absolute Gasteiger partial charge is 0.501 e. The molecule has 2 aliphatic heterocycles. The van der Waals surface area contributed by atoms with E-state index in [0.717, 1.165) is 71.8 Å². The molecule has 15 heteroatoms. The van der Waals surface area contributed by atoms with E-state index in [4.69, 9.17) is 42.9 Å². The van der Waals surface area contributed by atoms with Gasteiger partial charge in [0.1, 0.15) is 12.4 Å². The molecule has 2 aliphatic rings. The van der Waals surface area contributed by atoms with E-state index in [1.807, 2.05) is 72.8 Å². The third-order valence-electron chi connectivity index (χ3n) is 9.08. The molecule has 2 fully saturated rings. The minimum absolute atomic E-state index is 0.113. The first kappa shape index (κ1) is 40.9. The monoisotopic (exact) mass is 774 g/mol. The maximum atomic E-state index is 10.5. The molecule has 0 radical (unpaired) electrons. The molecule has 4 aromatic rings. The SMILES string of the molecule is NCCN(CCNCCOCCOCCOc1ccc(-c2cc(-c3ccccn3)nc(-c3ccccn3)c2)cc1)CC(O)COCCC[Si]12OCC(CO1)O2. The predicted octanol–water partition coefficient (Wildman–Crippen LogP) is 3.29. The van der Waals surface area contributed by atoms with Crippen molar-refractivity contribution in [3.63, 3.8) is 0 Å². The molecule has 0 spiro atoms. The Kier molecular flexibility index (Phi) is 16.5. The summed E-state index contributed by atoms with van der Waals surface area (Å²) in [6, 6.07) is 24.5. The zero-order valence-corrected chi connectivity index (χ0v) is 32.4. The second-order valence-electron chi connectivity index (χ2n) is 13.4. The van der Waals surface area contributed by atoms with Gasteiger partial charge >= 0.3 is 8.80 Å². The van der Waals surface area contributed by atoms with Gasteiger partial charge in [-0.3, -0.25) is 14.9 Å². The molecule has 1 unspecified atom stereocenters. The summed E-state index contributed by atoms with van der Waals surface area (Å²) in [6.07, 6.45) is 3.86. The van der Waals surface area contributed by atoms with Crippen LogP contribution in [0.5, 0.6) is 5.75 Å². The second kappa shape index (κ2) is 22.1. The lowest BCUT2D eigenvalue weighted by Gasteiger charge is -2.25. The van der Waals surface area contributed by atoms with E-state index in [1.165, 1.54) is 0 Å². The van der Waals surface area contributed by atoms with Crippen molar-refractivity contribution in [1.29, 1.82) is 0 Å². The molecule has 0 aliphatic carbocycles. The fourth-order valence-electron chi connectivity index (χ4n) is 6.34. The molecule has 2 saturated heterocycles. The Labute approximate surface area is 324 Å². The second-order valence-corrected chi connectivity index (χ2v) is 16.0. The number of rotatable bonds is 26. The van der Waals surface area contributed by atoms with Crippen molar-refractivity contribution in [3.05, 3.63) is 85.2 Å². The Balaban J connectivity index is 0.794. The van der Waals surface area contributed by atoms with Gasteiger partial charge in [-0.1, -0.05) is 24.3 Å². The topological polar surface area (TPSA) is 165 Å². The molecule has 1 aromatic carbocycles. The summed E-state index contributed by atoms with van der Waals surface area (Å²) in [6.45, 7) is 8.58. The van der Waals surface area contributed by atoms with Gasteiger partial charge in [0.25, 0.3) is 0 Å². The number of nitrogens with one attached hydrogen (secondary N) is 1. The maximum Gasteiger partial charge on any atom is 0.501 e. The number of nitrogens with two attached hydrogens (primary N) is 1. The van der Waals surface area contributed by atoms with E-state index in [-0.39, 0.29) is 12.7 Å². The Morgan fingerprint density at radius 3 is 2.11 bits per heavy atom. The van der Waals surface area contributed by atoms with Gasteiger partial charge in [-0.05, 0) is 66.1 Å². The summed E-state index contributed by atoms with van der Waals surface area (Å²) in [7, 11) is -2.41. The lowest BCUT2D eigenvalue weighted by atomic mass is 10.0. The van der Waals surface area contributed by atoms with Crippen molar-refractivity contribution in [3.8, 4) is 39.7 Å². The number of hydrogen-bond acceptors (Lipinski definition) is 14. The third kappa shape index (κ3) is 13.2. The van der Waals surface area contributed by atoms with Crippen molar-refractivity contribution in [1.82, 2.24) is 25.2 Å². The number of nitrogens with zero attached hydrogens (tertiary/aromatic N) is 4. The number of ether oxygens (including phenoxy) is 4. The van der Waals surface area contributed by atoms with Gasteiger partial charge in [0, 0.05) is 64.3 Å². The van der Waals surface area contributed by atoms with Crippen LogP contribution in [0.1, 0.15) is 6.42 Å². The van der Waals surface area contributed by atoms with Gasteiger partial charge in [-0.2, -0.15) is 0 Å². The first-order valence-electron chi connectivity index (χ1n) is 19.2. The number of hydrogen-bond donors (Lipinski definition) is 3. The van der Waals surface area contributed by atoms with Crippen molar-refractivity contribution in [2.45, 2.75) is 24.7 Å². The Hall–Kier alpha value is -3.71. The first-order chi connectivity index (χ1) is 27.1. The molecular weight excluding hydrogens is 721 g/mol. The Morgan fingerprint density at radius 2 is 1.47 bits per heavy atom. The van der Waals surface area contributed by atoms with Gasteiger partial charge in [-0.15, -0.1) is 0 Å². The summed E-state index contributed by atoms with van der Waals surface area (Å²) >= 11 is 0. The standard InChI is InChI=1S/C40H54N6O8Si/c41-12-17-46(28-34(47)29-50-19-5-25-55-52-30-36(54-55)31-53-55)18-15-42-16-20-48-21-22-49-23-24-51-35-10-8-32(9-11-35)33-26-39(37-6-1-3-13-43-37)45-40(27-33)38-7-2-4-14-44-38/h1-4,6-11,13-14,26-27,34,36,42,47H,5,12,15-25,28-31,41H2. The zero-order chi connectivity index (χ0) is 38.0. The van der Waals surface area contributed by atoms with Gasteiger partial charge in [-0.25, -0.2) is 4.98 Å². The smallest absolute Gasteiger partial charge is 0.491 e. The van der Waals surface area contributed by atoms with Gasteiger partial charge in [0.15, 0.2) is 0 Å². The van der Waals surface area contributed by atoms with Crippen LogP contribution in [-0.2, 0) is 27.5 Å². The van der Waals surface area contributed by atoms with Crippen LogP contribution in [0.4, 0.5) is 0 Å². The van der Waals surface area contributed by atoms with Gasteiger partial charge in [0.2, 0.25) is 0 Å². The van der Waals surface area contributed by atoms with Crippen LogP contribution in [0.3, 0.4) is 0 Å². The number of pyridine rings is 3. The normalized spacial score (nSPS) is 18.3. The van der Waals surface area contributed by atoms with Crippen LogP contribution >= 0.6 is 0 Å². The van der Waals surface area contributed by atoms with Crippen molar-refractivity contribution >= 4 is 8.80 Å². The van der Waals surface area contributed by atoms with Gasteiger partial charge < -0.3 is 48.4 Å². The molecule has 2 bridgehead atoms. The zero-order valence-electron chi connectivity index (χ0n) is 31.4. The molecule has 55 heavy (non-hydrogen) atoms. The van der Waals surface area contributed by atoms with E-state index < -0.39 is 14.9 Å². The molecule has 6 rings (SSSR count). The lowest BCUT2D eigenvalue weighted by Crippen LogP contribution is -2.42. The highest BCUT2D eigenvalue weighted by atomic mass is 28.4. The van der Waals surface area contributed by atoms with E-state index in [1.54, 1.807) is 12.4 Å². The average molecular weight is 775 g/mol. The van der Waals surface area contributed by atoms with E-state index in [2.05, 4.69) is 20.2 Å². The van der Waals surface area contributed by atoms with Crippen molar-refractivity contribution in [2.24, 2.45) is 5.73 Å². The molecular formula is C40H54N6O8Si. The van der Waals surface area contributed by atoms with Crippen LogP contribution < -0.4 is 15.8 Å². The molecule has 3 aromatic heterocycles. The average Bonchev–Trinajstić information content (AvgIpc) is 3.83. The maximum absolute atomic E-state index is 10.5. The molecule has 5 heterocycles. The molecule has 4 N–H and O–H groups in total. The van der Waals surface area contributed by atoms with Crippen LogP contribution in [0.2, 0.25) is 6.04 Å². The molecule has 1 atom stereocenters. The first-order valence-corrected chi connectivity index (χ1v) is 21.1. The summed E-state index contributed by atoms with van der Waals surface area (Å²) in [4.78, 5) is 16.0. The number of fused-ring (bicyclic) bond motifs is 2. The van der Waals surface area contributed by atoms with E-state index >= 15 is 0 Å². The number of aromatic nitrogens is 3. The van der Waals surface area contributed by atoms with E-state index in [9.17, 15) is 5.11 Å². The van der Waals surface area contributed by atoms with Gasteiger partial charge in [0.05, 0.1) is 81.2 Å². The molecule has 0 saturated carbocycles. The summed E-state index contributed by atoms with van der Waals surface area (Å²) in [5, 5.41) is 13.9. The van der Waals surface area contributed by atoms with Crippen molar-refractivity contribution < 1.29 is 37.3 Å². The predicted molar refractivity (Wildman–Crippen MR) is 210 cm³/mol. The van der Waals surface area contributed by atoms with Crippen LogP contribution in [0.25, 0.3) is 33.9 Å². The minimum Gasteiger partial charge on any atom is -0.491 e. The summed E-state index contributed by atoms with van der Waals surface area (Å²) in [5.74, 6) is 0.770. The lowest BCUT2D eigenvalue weighted by molar-refractivity contribution is 0.0165. The van der Waals surface area contributed by atoms with Crippen molar-refractivity contribution in [2.75, 3.05) is 98.7 Å². The minimum atomic E-state index is -2.41. The highest BCUT2D eigenvalue weighted by Gasteiger charge is 2.54. The van der Waals surface area contributed by atoms with E-state index in [0.29, 0.717) is 72.5 Å². The highest BCUT2D eigenvalue weighted by Crippen LogP contribution is 2.32. The van der Waals surface area contributed by atoms with Crippen LogP contribution in [-0.4, -0.2) is 145 Å². The summed E-state index contributed by atoms with van der Waals surface area (Å²) < 4.78 is 40.3. The molecule has 0 amide bonds. The third-order valence-corrected chi connectivity index (χ3v) is 12.0. The highest BCUT2D eigenvalue weighted by molar-refractivity contribution is 6.61. The molecule has 14 nitrogen and oxygen atoms in total. The number of aliphatic hydroxyl groups is 1. The molecule has 296 valence electrons. The fraction of sp³-hybridized carbons (Fsp3) is 0.475. The Bertz CT molecular complexity index is 1610.